The number of anilines is 2. The number of alkyl carbamates (subject to hydrolysis) is 1. The second kappa shape index (κ2) is 21.8. The summed E-state index contributed by atoms with van der Waals surface area (Å²) in [4.78, 5) is 43.2. The number of carbonyl (C=O) groups excluding carboxylic acids is 2. The highest BCUT2D eigenvalue weighted by molar-refractivity contribution is 7.98. The summed E-state index contributed by atoms with van der Waals surface area (Å²) in [6, 6.07) is 19.7. The average Bonchev–Trinajstić information content (AvgIpc) is 3.27. The van der Waals surface area contributed by atoms with Gasteiger partial charge in [-0.1, -0.05) is 47.6 Å². The van der Waals surface area contributed by atoms with Crippen LogP contribution >= 0.6 is 23.4 Å². The van der Waals surface area contributed by atoms with Crippen LogP contribution in [0.3, 0.4) is 0 Å². The third kappa shape index (κ3) is 12.7. The van der Waals surface area contributed by atoms with Crippen molar-refractivity contribution < 1.29 is 32.9 Å². The number of nitrogens with one attached hydrogen (secondary N) is 1. The zero-order chi connectivity index (χ0) is 45.1. The minimum absolute atomic E-state index is 0.129. The van der Waals surface area contributed by atoms with Crippen molar-refractivity contribution in [3.8, 4) is 22.8 Å². The Morgan fingerprint density at radius 2 is 1.63 bits per heavy atom. The van der Waals surface area contributed by atoms with E-state index in [1.54, 1.807) is 20.4 Å². The molecule has 12 nitrogen and oxygen atoms in total. The molecule has 1 unspecified atom stereocenters. The molecular formula is C48H58ClFN6O6S. The number of methoxy groups -OCH3 is 3. The van der Waals surface area contributed by atoms with E-state index < -0.39 is 17.5 Å². The molecule has 0 radical (unpaired) electrons. The minimum atomic E-state index is -0.573. The molecule has 0 bridgehead atoms. The van der Waals surface area contributed by atoms with Gasteiger partial charge in [0.05, 0.1) is 26.7 Å². The Bertz CT molecular complexity index is 2300. The number of fused-ring (bicyclic) bond motifs is 1. The summed E-state index contributed by atoms with van der Waals surface area (Å²) in [5.41, 5.74) is 3.85. The van der Waals surface area contributed by atoms with Gasteiger partial charge in [0.25, 0.3) is 0 Å². The standard InChI is InChI=1S/C48H58ClFN6O6S/c1-48(2,3)62-47(58)51-23-22-31-11-10-24-55(28-31)45-39-27-52-43(42(50)44(39)53-46(54-45)63-7)38-25-34(26-40(49)37(38)12-8-9-13-41(57)61-6)56(29-32-14-18-35(59-4)19-15-32)30-33-16-20-36(60-5)21-17-33/h14-21,25-27,31H,8-13,22-24,28-30H2,1-7H3,(H,51,58). The normalized spacial score (nSPS) is 14.0. The van der Waals surface area contributed by atoms with Gasteiger partial charge in [-0.05, 0) is 125 Å². The molecule has 1 amide bonds. The Kier molecular flexibility index (Phi) is 16.3. The lowest BCUT2D eigenvalue weighted by Gasteiger charge is -2.34. The maximum atomic E-state index is 17.5. The molecule has 6 rings (SSSR count). The van der Waals surface area contributed by atoms with Crippen molar-refractivity contribution in [2.75, 3.05) is 57.0 Å². The zero-order valence-corrected chi connectivity index (χ0v) is 38.8. The number of thioether (sulfide) groups is 1. The van der Waals surface area contributed by atoms with E-state index in [9.17, 15) is 9.59 Å². The number of pyridine rings is 1. The van der Waals surface area contributed by atoms with Gasteiger partial charge >= 0.3 is 12.1 Å². The number of ether oxygens (including phenoxy) is 4. The SMILES string of the molecule is COC(=O)CCCCc1c(Cl)cc(N(Cc2ccc(OC)cc2)Cc2ccc(OC)cc2)cc1-c1ncc2c(N3CCCC(CCNC(=O)OC(C)(C)C)C3)nc(SC)nc2c1F. The second-order valence-corrected chi connectivity index (χ2v) is 17.9. The van der Waals surface area contributed by atoms with Crippen molar-refractivity contribution in [1.29, 1.82) is 0 Å². The Morgan fingerprint density at radius 3 is 2.24 bits per heavy atom. The number of halogens is 2. The highest BCUT2D eigenvalue weighted by Crippen LogP contribution is 2.40. The van der Waals surface area contributed by atoms with Crippen LogP contribution in [0.1, 0.15) is 76.0 Å². The number of rotatable bonds is 18. The number of esters is 1. The largest absolute Gasteiger partial charge is 0.497 e. The van der Waals surface area contributed by atoms with Gasteiger partial charge in [0, 0.05) is 61.6 Å². The molecule has 1 N–H and O–H groups in total. The lowest BCUT2D eigenvalue weighted by Crippen LogP contribution is -2.38. The van der Waals surface area contributed by atoms with E-state index in [2.05, 4.69) is 15.1 Å². The monoisotopic (exact) mass is 900 g/mol. The second-order valence-electron chi connectivity index (χ2n) is 16.7. The Balaban J connectivity index is 1.39. The van der Waals surface area contributed by atoms with Crippen LogP contribution in [0, 0.1) is 11.7 Å². The van der Waals surface area contributed by atoms with Gasteiger partial charge in [0.15, 0.2) is 11.0 Å². The molecule has 1 aliphatic heterocycles. The predicted molar refractivity (Wildman–Crippen MR) is 249 cm³/mol. The molecule has 3 aromatic carbocycles. The maximum absolute atomic E-state index is 17.5. The summed E-state index contributed by atoms with van der Waals surface area (Å²) >= 11 is 8.61. The summed E-state index contributed by atoms with van der Waals surface area (Å²) in [6.07, 6.45) is 7.72. The van der Waals surface area contributed by atoms with Crippen molar-refractivity contribution in [2.24, 2.45) is 5.92 Å². The lowest BCUT2D eigenvalue weighted by molar-refractivity contribution is -0.140. The van der Waals surface area contributed by atoms with Gasteiger partial charge < -0.3 is 34.1 Å². The van der Waals surface area contributed by atoms with Gasteiger partial charge in [0.2, 0.25) is 0 Å². The number of hydrogen-bond donors (Lipinski definition) is 1. The fourth-order valence-electron chi connectivity index (χ4n) is 7.81. The Hall–Kier alpha value is -5.34. The van der Waals surface area contributed by atoms with E-state index in [0.29, 0.717) is 72.4 Å². The predicted octanol–water partition coefficient (Wildman–Crippen LogP) is 10.4. The van der Waals surface area contributed by atoms with E-state index in [4.69, 9.17) is 45.5 Å². The summed E-state index contributed by atoms with van der Waals surface area (Å²) in [6.45, 7) is 8.46. The molecule has 1 fully saturated rings. The van der Waals surface area contributed by atoms with Gasteiger partial charge in [-0.15, -0.1) is 0 Å². The Labute approximate surface area is 379 Å². The number of aromatic nitrogens is 3. The topological polar surface area (TPSA) is 128 Å². The van der Waals surface area contributed by atoms with Crippen LogP contribution in [-0.4, -0.2) is 79.8 Å². The number of unbranched alkanes of at least 4 members (excludes halogenated alkanes) is 1. The zero-order valence-electron chi connectivity index (χ0n) is 37.3. The van der Waals surface area contributed by atoms with E-state index in [1.165, 1.54) is 18.9 Å². The molecule has 2 aromatic heterocycles. The number of hydrogen-bond acceptors (Lipinski definition) is 12. The molecule has 5 aromatic rings. The van der Waals surface area contributed by atoms with Crippen LogP contribution in [0.5, 0.6) is 11.5 Å². The first-order valence-corrected chi connectivity index (χ1v) is 22.9. The number of nitrogens with zero attached hydrogens (tertiary/aromatic N) is 5. The smallest absolute Gasteiger partial charge is 0.407 e. The number of piperidine rings is 1. The van der Waals surface area contributed by atoms with Crippen molar-refractivity contribution in [2.45, 2.75) is 89.6 Å². The first-order chi connectivity index (χ1) is 30.3. The van der Waals surface area contributed by atoms with Gasteiger partial charge in [-0.2, -0.15) is 0 Å². The van der Waals surface area contributed by atoms with Crippen LogP contribution in [0.4, 0.5) is 20.7 Å². The molecule has 15 heteroatoms. The molecular weight excluding hydrogens is 843 g/mol. The summed E-state index contributed by atoms with van der Waals surface area (Å²) in [5.74, 6) is 1.56. The van der Waals surface area contributed by atoms with Crippen molar-refractivity contribution in [3.05, 3.63) is 94.4 Å². The molecule has 63 heavy (non-hydrogen) atoms. The van der Waals surface area contributed by atoms with E-state index in [-0.39, 0.29) is 29.5 Å². The Morgan fingerprint density at radius 1 is 0.968 bits per heavy atom. The van der Waals surface area contributed by atoms with Crippen molar-refractivity contribution in [3.63, 3.8) is 0 Å². The van der Waals surface area contributed by atoms with Crippen molar-refractivity contribution in [1.82, 2.24) is 20.3 Å². The number of carbonyl (C=O) groups is 2. The van der Waals surface area contributed by atoms with Crippen molar-refractivity contribution >= 4 is 57.8 Å². The maximum Gasteiger partial charge on any atom is 0.407 e. The molecule has 1 atom stereocenters. The summed E-state index contributed by atoms with van der Waals surface area (Å²) < 4.78 is 38.6. The molecule has 1 aliphatic rings. The summed E-state index contributed by atoms with van der Waals surface area (Å²) in [7, 11) is 4.65. The molecule has 3 heterocycles. The van der Waals surface area contributed by atoms with Crippen LogP contribution < -0.4 is 24.6 Å². The highest BCUT2D eigenvalue weighted by Gasteiger charge is 2.27. The van der Waals surface area contributed by atoms with E-state index in [1.807, 2.05) is 87.7 Å². The fourth-order valence-corrected chi connectivity index (χ4v) is 8.48. The quantitative estimate of drug-likeness (QED) is 0.0389. The average molecular weight is 902 g/mol. The molecule has 0 aliphatic carbocycles. The third-order valence-electron chi connectivity index (χ3n) is 11.0. The van der Waals surface area contributed by atoms with E-state index in [0.717, 1.165) is 59.7 Å². The number of benzene rings is 3. The van der Waals surface area contributed by atoms with Crippen LogP contribution in [0.15, 0.2) is 72.0 Å². The van der Waals surface area contributed by atoms with Gasteiger partial charge in [-0.3, -0.25) is 9.78 Å². The lowest BCUT2D eigenvalue weighted by atomic mass is 9.94. The number of amides is 1. The molecule has 0 spiro atoms. The molecule has 336 valence electrons. The molecule has 0 saturated carbocycles. The first-order valence-electron chi connectivity index (χ1n) is 21.3. The van der Waals surface area contributed by atoms with Crippen LogP contribution in [0.2, 0.25) is 5.02 Å². The first kappa shape index (κ1) is 47.1. The minimum Gasteiger partial charge on any atom is -0.497 e. The van der Waals surface area contributed by atoms with Gasteiger partial charge in [0.1, 0.15) is 34.1 Å². The fraction of sp³-hybridized carbons (Fsp3) is 0.438. The third-order valence-corrected chi connectivity index (χ3v) is 11.9. The van der Waals surface area contributed by atoms with Crippen LogP contribution in [-0.2, 0) is 33.8 Å². The van der Waals surface area contributed by atoms with Crippen LogP contribution in [0.25, 0.3) is 22.2 Å². The van der Waals surface area contributed by atoms with E-state index >= 15 is 4.39 Å². The summed E-state index contributed by atoms with van der Waals surface area (Å²) in [5, 5.41) is 4.31. The van der Waals surface area contributed by atoms with Gasteiger partial charge in [-0.25, -0.2) is 19.2 Å². The molecule has 1 saturated heterocycles. The highest BCUT2D eigenvalue weighted by atomic mass is 35.5.